The van der Waals surface area contributed by atoms with Crippen LogP contribution >= 0.6 is 15.9 Å². The smallest absolute Gasteiger partial charge is 0.143 e. The molecule has 0 aliphatic carbocycles. The van der Waals surface area contributed by atoms with E-state index in [1.165, 1.54) is 6.33 Å². The molecule has 1 aromatic heterocycles. The maximum Gasteiger partial charge on any atom is 0.143 e. The summed E-state index contributed by atoms with van der Waals surface area (Å²) in [7, 11) is 0. The Morgan fingerprint density at radius 1 is 1.31 bits per heavy atom. The molecule has 82 valence electrons. The van der Waals surface area contributed by atoms with Gasteiger partial charge in [-0.05, 0) is 24.3 Å². The minimum absolute atomic E-state index is 0.378. The lowest BCUT2D eigenvalue weighted by Crippen LogP contribution is -2.00. The first-order valence-electron chi connectivity index (χ1n) is 4.68. The third-order valence-electron chi connectivity index (χ3n) is 1.99. The molecule has 0 saturated heterocycles. The van der Waals surface area contributed by atoms with Crippen LogP contribution in [0.1, 0.15) is 5.69 Å². The number of rotatable bonds is 3. The van der Waals surface area contributed by atoms with Crippen molar-refractivity contribution >= 4 is 21.6 Å². The lowest BCUT2D eigenvalue weighted by atomic mass is 10.3. The Kier molecular flexibility index (Phi) is 3.36. The normalized spacial score (nSPS) is 10.1. The van der Waals surface area contributed by atoms with Crippen molar-refractivity contribution in [3.05, 3.63) is 47.0 Å². The van der Waals surface area contributed by atoms with E-state index in [-0.39, 0.29) is 0 Å². The summed E-state index contributed by atoms with van der Waals surface area (Å²) in [6.45, 7) is 0.378. The van der Waals surface area contributed by atoms with Gasteiger partial charge in [0.25, 0.3) is 0 Å². The minimum atomic E-state index is 0.378. The van der Waals surface area contributed by atoms with E-state index < -0.39 is 0 Å². The van der Waals surface area contributed by atoms with Crippen molar-refractivity contribution in [3.8, 4) is 5.75 Å². The van der Waals surface area contributed by atoms with Crippen LogP contribution < -0.4 is 10.5 Å². The van der Waals surface area contributed by atoms with Crippen molar-refractivity contribution in [1.82, 2.24) is 9.97 Å². The molecule has 0 aliphatic heterocycles. The van der Waals surface area contributed by atoms with E-state index in [4.69, 9.17) is 10.5 Å². The molecule has 1 aromatic carbocycles. The number of nitrogen functional groups attached to an aromatic ring is 1. The zero-order chi connectivity index (χ0) is 11.4. The van der Waals surface area contributed by atoms with Gasteiger partial charge in [0.05, 0.1) is 11.4 Å². The number of nitrogens with zero attached hydrogens (tertiary/aromatic N) is 2. The Labute approximate surface area is 102 Å². The van der Waals surface area contributed by atoms with Gasteiger partial charge >= 0.3 is 0 Å². The van der Waals surface area contributed by atoms with Crippen LogP contribution in [0.4, 0.5) is 5.69 Å². The van der Waals surface area contributed by atoms with Gasteiger partial charge in [0.2, 0.25) is 0 Å². The molecule has 0 fully saturated rings. The van der Waals surface area contributed by atoms with Gasteiger partial charge in [-0.1, -0.05) is 15.9 Å². The predicted molar refractivity (Wildman–Crippen MR) is 64.9 cm³/mol. The summed E-state index contributed by atoms with van der Waals surface area (Å²) < 4.78 is 6.49. The SMILES string of the molecule is Nc1ccc(Br)cc1OCc1ccncn1. The highest BCUT2D eigenvalue weighted by atomic mass is 79.9. The van der Waals surface area contributed by atoms with Crippen molar-refractivity contribution < 1.29 is 4.74 Å². The van der Waals surface area contributed by atoms with Gasteiger partial charge in [-0.3, -0.25) is 0 Å². The molecule has 2 aromatic rings. The van der Waals surface area contributed by atoms with Crippen LogP contribution in [0.2, 0.25) is 0 Å². The van der Waals surface area contributed by atoms with Gasteiger partial charge in [-0.2, -0.15) is 0 Å². The monoisotopic (exact) mass is 279 g/mol. The van der Waals surface area contributed by atoms with Gasteiger partial charge in [-0.25, -0.2) is 9.97 Å². The van der Waals surface area contributed by atoms with Crippen LogP contribution in [0.15, 0.2) is 41.3 Å². The van der Waals surface area contributed by atoms with Crippen LogP contribution in [0, 0.1) is 0 Å². The first-order valence-corrected chi connectivity index (χ1v) is 5.48. The number of ether oxygens (including phenoxy) is 1. The zero-order valence-electron chi connectivity index (χ0n) is 8.43. The number of nitrogens with two attached hydrogens (primary N) is 1. The highest BCUT2D eigenvalue weighted by molar-refractivity contribution is 9.10. The highest BCUT2D eigenvalue weighted by Gasteiger charge is 2.02. The largest absolute Gasteiger partial charge is 0.485 e. The van der Waals surface area contributed by atoms with Crippen molar-refractivity contribution in [2.24, 2.45) is 0 Å². The average Bonchev–Trinajstić information content (AvgIpc) is 2.32. The van der Waals surface area contributed by atoms with Crippen molar-refractivity contribution in [2.75, 3.05) is 5.73 Å². The third-order valence-corrected chi connectivity index (χ3v) is 2.49. The Morgan fingerprint density at radius 2 is 2.19 bits per heavy atom. The van der Waals surface area contributed by atoms with E-state index in [0.29, 0.717) is 18.0 Å². The zero-order valence-corrected chi connectivity index (χ0v) is 10.0. The number of halogens is 1. The van der Waals surface area contributed by atoms with E-state index in [1.54, 1.807) is 18.3 Å². The van der Waals surface area contributed by atoms with Gasteiger partial charge in [-0.15, -0.1) is 0 Å². The number of hydrogen-bond acceptors (Lipinski definition) is 4. The molecule has 0 atom stereocenters. The van der Waals surface area contributed by atoms with Gasteiger partial charge in [0, 0.05) is 10.7 Å². The molecular weight excluding hydrogens is 270 g/mol. The third kappa shape index (κ3) is 2.70. The molecule has 0 aliphatic rings. The maximum absolute atomic E-state index is 5.78. The molecular formula is C11H10BrN3O. The van der Waals surface area contributed by atoms with Crippen LogP contribution in [0.3, 0.4) is 0 Å². The summed E-state index contributed by atoms with van der Waals surface area (Å²) in [5.74, 6) is 0.646. The van der Waals surface area contributed by atoms with Gasteiger partial charge < -0.3 is 10.5 Å². The second kappa shape index (κ2) is 4.94. The minimum Gasteiger partial charge on any atom is -0.485 e. The number of anilines is 1. The van der Waals surface area contributed by atoms with Gasteiger partial charge in [0.1, 0.15) is 18.7 Å². The van der Waals surface area contributed by atoms with Crippen LogP contribution in [-0.4, -0.2) is 9.97 Å². The number of aromatic nitrogens is 2. The standard InChI is InChI=1S/C11H10BrN3O/c12-8-1-2-10(13)11(5-8)16-6-9-3-4-14-7-15-9/h1-5,7H,6,13H2. The Morgan fingerprint density at radius 3 is 2.94 bits per heavy atom. The highest BCUT2D eigenvalue weighted by Crippen LogP contribution is 2.26. The molecule has 0 amide bonds. The van der Waals surface area contributed by atoms with Crippen LogP contribution in [-0.2, 0) is 6.61 Å². The lowest BCUT2D eigenvalue weighted by molar-refractivity contribution is 0.302. The number of hydrogen-bond donors (Lipinski definition) is 1. The second-order valence-electron chi connectivity index (χ2n) is 3.17. The fraction of sp³-hybridized carbons (Fsp3) is 0.0909. The van der Waals surface area contributed by atoms with E-state index in [1.807, 2.05) is 12.1 Å². The summed E-state index contributed by atoms with van der Waals surface area (Å²) in [6, 6.07) is 7.29. The Balaban J connectivity index is 2.08. The maximum atomic E-state index is 5.78. The molecule has 0 radical (unpaired) electrons. The van der Waals surface area contributed by atoms with Gasteiger partial charge in [0.15, 0.2) is 0 Å². The first kappa shape index (κ1) is 10.9. The van der Waals surface area contributed by atoms with Crippen molar-refractivity contribution in [2.45, 2.75) is 6.61 Å². The summed E-state index contributed by atoms with van der Waals surface area (Å²) in [5.41, 5.74) is 7.20. The van der Waals surface area contributed by atoms with Crippen molar-refractivity contribution in [1.29, 1.82) is 0 Å². The molecule has 5 heteroatoms. The van der Waals surface area contributed by atoms with E-state index >= 15 is 0 Å². The molecule has 2 N–H and O–H groups in total. The quantitative estimate of drug-likeness (QED) is 0.877. The summed E-state index contributed by atoms with van der Waals surface area (Å²) in [4.78, 5) is 7.89. The lowest BCUT2D eigenvalue weighted by Gasteiger charge is -2.08. The molecule has 0 saturated carbocycles. The van der Waals surface area contributed by atoms with Crippen LogP contribution in [0.25, 0.3) is 0 Å². The number of benzene rings is 1. The fourth-order valence-corrected chi connectivity index (χ4v) is 1.53. The molecule has 2 rings (SSSR count). The first-order chi connectivity index (χ1) is 7.75. The Bertz CT molecular complexity index is 476. The van der Waals surface area contributed by atoms with E-state index in [2.05, 4.69) is 25.9 Å². The molecule has 1 heterocycles. The molecule has 0 bridgehead atoms. The molecule has 0 unspecified atom stereocenters. The topological polar surface area (TPSA) is 61.0 Å². The summed E-state index contributed by atoms with van der Waals surface area (Å²) >= 11 is 3.36. The molecule has 4 nitrogen and oxygen atoms in total. The fourth-order valence-electron chi connectivity index (χ4n) is 1.19. The van der Waals surface area contributed by atoms with Crippen LogP contribution in [0.5, 0.6) is 5.75 Å². The van der Waals surface area contributed by atoms with Crippen molar-refractivity contribution in [3.63, 3.8) is 0 Å². The molecule has 16 heavy (non-hydrogen) atoms. The summed E-state index contributed by atoms with van der Waals surface area (Å²) in [6.07, 6.45) is 3.17. The molecule has 0 spiro atoms. The predicted octanol–water partition coefficient (Wildman–Crippen LogP) is 2.40. The average molecular weight is 280 g/mol. The van der Waals surface area contributed by atoms with E-state index in [0.717, 1.165) is 10.2 Å². The Hall–Kier alpha value is -1.62. The summed E-state index contributed by atoms with van der Waals surface area (Å²) in [5, 5.41) is 0. The van der Waals surface area contributed by atoms with E-state index in [9.17, 15) is 0 Å². The second-order valence-corrected chi connectivity index (χ2v) is 4.09.